The first-order valence-corrected chi connectivity index (χ1v) is 11.2. The molecule has 150 valence electrons. The number of aromatic nitrogens is 2. The number of hydrogen-bond acceptors (Lipinski definition) is 4. The van der Waals surface area contributed by atoms with Gasteiger partial charge in [-0.25, -0.2) is 18.5 Å². The fraction of sp³-hybridized carbons (Fsp3) is 0.350. The van der Waals surface area contributed by atoms with Gasteiger partial charge >= 0.3 is 0 Å². The minimum atomic E-state index is -3.75. The monoisotopic (exact) mass is 420 g/mol. The van der Waals surface area contributed by atoms with Crippen LogP contribution in [0.4, 0.5) is 0 Å². The van der Waals surface area contributed by atoms with Gasteiger partial charge in [0.1, 0.15) is 5.82 Å². The summed E-state index contributed by atoms with van der Waals surface area (Å²) in [6, 6.07) is 12.7. The van der Waals surface area contributed by atoms with E-state index >= 15 is 0 Å². The summed E-state index contributed by atoms with van der Waals surface area (Å²) in [5, 5.41) is 5.99. The van der Waals surface area contributed by atoms with Crippen LogP contribution in [0, 0.1) is 0 Å². The molecule has 0 saturated carbocycles. The van der Waals surface area contributed by atoms with Crippen LogP contribution < -0.4 is 5.14 Å². The van der Waals surface area contributed by atoms with Crippen LogP contribution >= 0.6 is 11.6 Å². The second kappa shape index (κ2) is 8.61. The predicted octanol–water partition coefficient (Wildman–Crippen LogP) is 3.77. The lowest BCUT2D eigenvalue weighted by molar-refractivity contribution is 0.305. The van der Waals surface area contributed by atoms with E-state index in [0.717, 1.165) is 42.3 Å². The van der Waals surface area contributed by atoms with Crippen LogP contribution in [0.1, 0.15) is 31.2 Å². The van der Waals surface area contributed by atoms with Crippen molar-refractivity contribution in [3.05, 3.63) is 58.9 Å². The molecule has 2 aromatic carbocycles. The lowest BCUT2D eigenvalue weighted by Crippen LogP contribution is -2.20. The third kappa shape index (κ3) is 4.91. The molecule has 28 heavy (non-hydrogen) atoms. The highest BCUT2D eigenvalue weighted by atomic mass is 35.5. The molecule has 0 aliphatic carbocycles. The van der Waals surface area contributed by atoms with Crippen LogP contribution in [0.15, 0.2) is 47.4 Å². The van der Waals surface area contributed by atoms with Crippen molar-refractivity contribution in [1.29, 1.82) is 0 Å². The van der Waals surface area contributed by atoms with Gasteiger partial charge in [-0.2, -0.15) is 0 Å². The zero-order chi connectivity index (χ0) is 20.3. The van der Waals surface area contributed by atoms with Crippen molar-refractivity contribution in [3.63, 3.8) is 0 Å². The van der Waals surface area contributed by atoms with E-state index < -0.39 is 10.0 Å². The highest BCUT2D eigenvalue weighted by Gasteiger charge is 2.16. The van der Waals surface area contributed by atoms with Crippen LogP contribution in [-0.4, -0.2) is 29.9 Å². The molecule has 0 aliphatic rings. The Morgan fingerprint density at radius 3 is 2.50 bits per heavy atom. The molecule has 0 spiro atoms. The van der Waals surface area contributed by atoms with Gasteiger partial charge < -0.3 is 4.57 Å². The third-order valence-electron chi connectivity index (χ3n) is 4.64. The molecular weight excluding hydrogens is 396 g/mol. The molecule has 3 rings (SSSR count). The molecule has 6 nitrogen and oxygen atoms in total. The first-order chi connectivity index (χ1) is 13.3. The van der Waals surface area contributed by atoms with Gasteiger partial charge in [-0.1, -0.05) is 37.1 Å². The summed E-state index contributed by atoms with van der Waals surface area (Å²) in [5.74, 6) is 0.909. The van der Waals surface area contributed by atoms with Gasteiger partial charge in [-0.3, -0.25) is 4.90 Å². The maximum Gasteiger partial charge on any atom is 0.238 e. The Hall–Kier alpha value is -1.93. The lowest BCUT2D eigenvalue weighted by Gasteiger charge is -2.17. The fourth-order valence-electron chi connectivity index (χ4n) is 3.22. The molecule has 0 fully saturated rings. The molecule has 2 N–H and O–H groups in total. The average Bonchev–Trinajstić information content (AvgIpc) is 2.97. The van der Waals surface area contributed by atoms with Gasteiger partial charge in [0.05, 0.1) is 22.5 Å². The highest BCUT2D eigenvalue weighted by molar-refractivity contribution is 7.89. The molecule has 0 unspecified atom stereocenters. The number of benzene rings is 2. The number of imidazole rings is 1. The zero-order valence-electron chi connectivity index (χ0n) is 16.1. The Morgan fingerprint density at radius 2 is 1.86 bits per heavy atom. The smallest absolute Gasteiger partial charge is 0.238 e. The Balaban J connectivity index is 1.90. The molecule has 1 aromatic heterocycles. The van der Waals surface area contributed by atoms with E-state index in [4.69, 9.17) is 21.7 Å². The molecule has 3 aromatic rings. The predicted molar refractivity (Wildman–Crippen MR) is 113 cm³/mol. The maximum atomic E-state index is 11.7. The second-order valence-corrected chi connectivity index (χ2v) is 9.03. The largest absolute Gasteiger partial charge is 0.327 e. The van der Waals surface area contributed by atoms with Crippen LogP contribution in [0.2, 0.25) is 5.02 Å². The van der Waals surface area contributed by atoms with Crippen molar-refractivity contribution < 1.29 is 8.42 Å². The van der Waals surface area contributed by atoms with Crippen molar-refractivity contribution in [2.24, 2.45) is 5.14 Å². The number of hydrogen-bond donors (Lipinski definition) is 1. The van der Waals surface area contributed by atoms with Gasteiger partial charge in [0, 0.05) is 18.1 Å². The topological polar surface area (TPSA) is 81.2 Å². The molecule has 0 saturated heterocycles. The van der Waals surface area contributed by atoms with E-state index in [0.29, 0.717) is 12.1 Å². The second-order valence-electron chi connectivity index (χ2n) is 7.03. The van der Waals surface area contributed by atoms with E-state index in [-0.39, 0.29) is 4.90 Å². The minimum absolute atomic E-state index is 0.0845. The Morgan fingerprint density at radius 1 is 1.14 bits per heavy atom. The summed E-state index contributed by atoms with van der Waals surface area (Å²) in [4.78, 5) is 6.97. The molecule has 0 bridgehead atoms. The van der Waals surface area contributed by atoms with Crippen molar-refractivity contribution in [1.82, 2.24) is 14.5 Å². The molecule has 0 aliphatic heterocycles. The van der Waals surface area contributed by atoms with Gasteiger partial charge in [0.15, 0.2) is 0 Å². The highest BCUT2D eigenvalue weighted by Crippen LogP contribution is 2.22. The Kier molecular flexibility index (Phi) is 6.40. The first kappa shape index (κ1) is 20.8. The zero-order valence-corrected chi connectivity index (χ0v) is 17.7. The van der Waals surface area contributed by atoms with Gasteiger partial charge in [0.25, 0.3) is 0 Å². The molecule has 0 radical (unpaired) electrons. The number of nitrogens with two attached hydrogens (primary N) is 1. The van der Waals surface area contributed by atoms with E-state index in [1.165, 1.54) is 5.56 Å². The third-order valence-corrected chi connectivity index (χ3v) is 5.80. The van der Waals surface area contributed by atoms with Crippen LogP contribution in [0.25, 0.3) is 11.0 Å². The number of unbranched alkanes of at least 4 members (excludes halogenated alkanes) is 1. The first-order valence-electron chi connectivity index (χ1n) is 9.23. The number of nitrogens with zero attached hydrogens (tertiary/aromatic N) is 3. The normalized spacial score (nSPS) is 12.2. The molecule has 0 amide bonds. The van der Waals surface area contributed by atoms with E-state index in [2.05, 4.69) is 16.4 Å². The van der Waals surface area contributed by atoms with E-state index in [1.54, 1.807) is 18.2 Å². The van der Waals surface area contributed by atoms with Crippen molar-refractivity contribution in [2.45, 2.75) is 44.3 Å². The summed E-state index contributed by atoms with van der Waals surface area (Å²) < 4.78 is 25.5. The Labute approximate surface area is 171 Å². The summed E-state index contributed by atoms with van der Waals surface area (Å²) >= 11 is 5.96. The number of sulfonamides is 1. The lowest BCUT2D eigenvalue weighted by atomic mass is 10.2. The Bertz CT molecular complexity index is 1060. The van der Waals surface area contributed by atoms with Gasteiger partial charge in [-0.05, 0) is 49.4 Å². The number of primary sulfonamides is 1. The van der Waals surface area contributed by atoms with Gasteiger partial charge in [0.2, 0.25) is 10.0 Å². The fourth-order valence-corrected chi connectivity index (χ4v) is 3.88. The van der Waals surface area contributed by atoms with Crippen LogP contribution in [0.5, 0.6) is 0 Å². The summed E-state index contributed by atoms with van der Waals surface area (Å²) in [7, 11) is -1.72. The number of halogens is 1. The molecule has 1 heterocycles. The number of aryl methyl sites for hydroxylation is 1. The van der Waals surface area contributed by atoms with Crippen molar-refractivity contribution in [3.8, 4) is 0 Å². The van der Waals surface area contributed by atoms with Crippen LogP contribution in [-0.2, 0) is 29.7 Å². The van der Waals surface area contributed by atoms with E-state index in [9.17, 15) is 8.42 Å². The van der Waals surface area contributed by atoms with Crippen molar-refractivity contribution >= 4 is 32.7 Å². The van der Waals surface area contributed by atoms with Crippen LogP contribution in [0.3, 0.4) is 0 Å². The summed E-state index contributed by atoms with van der Waals surface area (Å²) in [5.41, 5.74) is 2.74. The van der Waals surface area contributed by atoms with E-state index in [1.807, 2.05) is 31.3 Å². The number of fused-ring (bicyclic) bond motifs is 1. The summed E-state index contributed by atoms with van der Waals surface area (Å²) in [6.07, 6.45) is 2.09. The summed E-state index contributed by atoms with van der Waals surface area (Å²) in [6.45, 7) is 4.39. The molecule has 8 heteroatoms. The quantitative estimate of drug-likeness (QED) is 0.601. The molecule has 0 atom stereocenters. The molecular formula is C20H25ClN4O2S. The number of rotatable bonds is 8. The maximum absolute atomic E-state index is 11.7. The average molecular weight is 421 g/mol. The minimum Gasteiger partial charge on any atom is -0.327 e. The standard InChI is InChI=1S/C20H25ClN4O2S/c1-3-4-11-25-19-10-9-17(28(22,26)27)12-18(19)23-20(25)14-24(2)13-15-5-7-16(21)8-6-15/h5-10,12H,3-4,11,13-14H2,1-2H3,(H2,22,26,27). The van der Waals surface area contributed by atoms with Crippen molar-refractivity contribution in [2.75, 3.05) is 7.05 Å². The van der Waals surface area contributed by atoms with Gasteiger partial charge in [-0.15, -0.1) is 0 Å². The SMILES string of the molecule is CCCCn1c(CN(C)Cc2ccc(Cl)cc2)nc2cc(S(N)(=O)=O)ccc21.